The standard InChI is InChI=1S/C22H33N5O2S/c1-15(2)12-27-20-6-5-18(25(4)13-17-14-30-16(3)23-17)11-19(20)21(24-27)22(28)26-7-9-29-10-8-26/h14-15,18H,5-13H2,1-4H3/t18-/m1/s1. The normalized spacial score (nSPS) is 19.5. The lowest BCUT2D eigenvalue weighted by Crippen LogP contribution is -2.42. The van der Waals surface area contributed by atoms with Crippen LogP contribution < -0.4 is 0 Å². The van der Waals surface area contributed by atoms with Crippen LogP contribution in [0.1, 0.15) is 52.7 Å². The average Bonchev–Trinajstić information content (AvgIpc) is 3.30. The fourth-order valence-electron chi connectivity index (χ4n) is 4.50. The van der Waals surface area contributed by atoms with E-state index < -0.39 is 0 Å². The van der Waals surface area contributed by atoms with Gasteiger partial charge < -0.3 is 9.64 Å². The molecule has 30 heavy (non-hydrogen) atoms. The van der Waals surface area contributed by atoms with Gasteiger partial charge in [-0.25, -0.2) is 4.98 Å². The Kier molecular flexibility index (Phi) is 6.55. The third-order valence-electron chi connectivity index (χ3n) is 6.06. The van der Waals surface area contributed by atoms with Gasteiger partial charge in [-0.15, -0.1) is 11.3 Å². The number of carbonyl (C=O) groups excluding carboxylic acids is 1. The Hall–Kier alpha value is -1.77. The fraction of sp³-hybridized carbons (Fsp3) is 0.682. The molecular weight excluding hydrogens is 398 g/mol. The fourth-order valence-corrected chi connectivity index (χ4v) is 5.10. The highest BCUT2D eigenvalue weighted by atomic mass is 32.1. The molecule has 0 unspecified atom stereocenters. The van der Waals surface area contributed by atoms with Gasteiger partial charge in [-0.2, -0.15) is 5.10 Å². The maximum absolute atomic E-state index is 13.3. The number of rotatable bonds is 6. The lowest BCUT2D eigenvalue weighted by molar-refractivity contribution is 0.0297. The van der Waals surface area contributed by atoms with Gasteiger partial charge in [0, 0.05) is 48.9 Å². The van der Waals surface area contributed by atoms with Gasteiger partial charge in [0.15, 0.2) is 5.69 Å². The van der Waals surface area contributed by atoms with E-state index in [1.54, 1.807) is 11.3 Å². The number of aryl methyl sites for hydroxylation is 1. The Morgan fingerprint density at radius 2 is 2.13 bits per heavy atom. The Morgan fingerprint density at radius 1 is 1.37 bits per heavy atom. The van der Waals surface area contributed by atoms with Crippen LogP contribution in [0, 0.1) is 12.8 Å². The summed E-state index contributed by atoms with van der Waals surface area (Å²) >= 11 is 1.70. The van der Waals surface area contributed by atoms with E-state index in [2.05, 4.69) is 40.8 Å². The maximum atomic E-state index is 13.3. The van der Waals surface area contributed by atoms with Crippen LogP contribution in [0.3, 0.4) is 0 Å². The molecule has 0 N–H and O–H groups in total. The zero-order chi connectivity index (χ0) is 21.3. The molecular formula is C22H33N5O2S. The molecule has 4 rings (SSSR count). The van der Waals surface area contributed by atoms with Crippen LogP contribution in [-0.4, -0.2) is 69.9 Å². The maximum Gasteiger partial charge on any atom is 0.274 e. The lowest BCUT2D eigenvalue weighted by Gasteiger charge is -2.32. The summed E-state index contributed by atoms with van der Waals surface area (Å²) in [6, 6.07) is 0.396. The number of morpholine rings is 1. The first kappa shape index (κ1) is 21.5. The zero-order valence-corrected chi connectivity index (χ0v) is 19.4. The summed E-state index contributed by atoms with van der Waals surface area (Å²) in [6.45, 7) is 10.7. The summed E-state index contributed by atoms with van der Waals surface area (Å²) in [5, 5.41) is 8.10. The predicted molar refractivity (Wildman–Crippen MR) is 118 cm³/mol. The molecule has 164 valence electrons. The molecule has 2 aliphatic rings. The van der Waals surface area contributed by atoms with Gasteiger partial charge in [0.05, 0.1) is 23.9 Å². The van der Waals surface area contributed by atoms with Crippen LogP contribution in [0.25, 0.3) is 0 Å². The van der Waals surface area contributed by atoms with Crippen LogP contribution in [-0.2, 0) is 30.7 Å². The van der Waals surface area contributed by atoms with E-state index in [0.29, 0.717) is 44.0 Å². The number of amides is 1. The zero-order valence-electron chi connectivity index (χ0n) is 18.6. The molecule has 0 saturated carbocycles. The van der Waals surface area contributed by atoms with Gasteiger partial charge in [-0.3, -0.25) is 14.4 Å². The molecule has 1 fully saturated rings. The average molecular weight is 432 g/mol. The van der Waals surface area contributed by atoms with Crippen molar-refractivity contribution < 1.29 is 9.53 Å². The van der Waals surface area contributed by atoms with Crippen molar-refractivity contribution >= 4 is 17.2 Å². The Morgan fingerprint density at radius 3 is 2.80 bits per heavy atom. The molecule has 1 saturated heterocycles. The topological polar surface area (TPSA) is 63.5 Å². The van der Waals surface area contributed by atoms with Crippen molar-refractivity contribution in [2.24, 2.45) is 5.92 Å². The van der Waals surface area contributed by atoms with Crippen LogP contribution in [0.5, 0.6) is 0 Å². The second-order valence-corrected chi connectivity index (χ2v) is 9.99. The largest absolute Gasteiger partial charge is 0.378 e. The van der Waals surface area contributed by atoms with E-state index >= 15 is 0 Å². The van der Waals surface area contributed by atoms with E-state index in [1.165, 1.54) is 5.69 Å². The number of aromatic nitrogens is 3. The van der Waals surface area contributed by atoms with Gasteiger partial charge >= 0.3 is 0 Å². The monoisotopic (exact) mass is 431 g/mol. The molecule has 2 aromatic rings. The van der Waals surface area contributed by atoms with Gasteiger partial charge in [-0.05, 0) is 39.2 Å². The summed E-state index contributed by atoms with van der Waals surface area (Å²) in [5.41, 5.74) is 4.21. The quantitative estimate of drug-likeness (QED) is 0.704. The molecule has 0 aromatic carbocycles. The van der Waals surface area contributed by atoms with Crippen molar-refractivity contribution in [3.8, 4) is 0 Å². The molecule has 1 aliphatic heterocycles. The number of thiazole rings is 1. The third-order valence-corrected chi connectivity index (χ3v) is 6.88. The first-order valence-corrected chi connectivity index (χ1v) is 11.9. The first-order chi connectivity index (χ1) is 14.4. The molecule has 1 aliphatic carbocycles. The van der Waals surface area contributed by atoms with E-state index in [1.807, 2.05) is 11.8 Å². The van der Waals surface area contributed by atoms with Crippen molar-refractivity contribution in [2.75, 3.05) is 33.4 Å². The van der Waals surface area contributed by atoms with E-state index in [0.717, 1.165) is 48.6 Å². The molecule has 2 aromatic heterocycles. The van der Waals surface area contributed by atoms with Crippen LogP contribution in [0.15, 0.2) is 5.38 Å². The first-order valence-electron chi connectivity index (χ1n) is 11.0. The number of likely N-dealkylation sites (N-methyl/N-ethyl adjacent to an activating group) is 1. The van der Waals surface area contributed by atoms with E-state index in [-0.39, 0.29) is 5.91 Å². The summed E-state index contributed by atoms with van der Waals surface area (Å²) in [4.78, 5) is 22.2. The molecule has 0 spiro atoms. The minimum atomic E-state index is 0.0653. The van der Waals surface area contributed by atoms with Crippen molar-refractivity contribution in [3.05, 3.63) is 33.0 Å². The second kappa shape index (κ2) is 9.16. The molecule has 3 heterocycles. The van der Waals surface area contributed by atoms with Crippen molar-refractivity contribution in [2.45, 2.75) is 59.2 Å². The van der Waals surface area contributed by atoms with Crippen molar-refractivity contribution in [1.29, 1.82) is 0 Å². The highest BCUT2D eigenvalue weighted by Crippen LogP contribution is 2.29. The van der Waals surface area contributed by atoms with E-state index in [9.17, 15) is 4.79 Å². The minimum absolute atomic E-state index is 0.0653. The molecule has 7 nitrogen and oxygen atoms in total. The van der Waals surface area contributed by atoms with Crippen LogP contribution in [0.4, 0.5) is 0 Å². The summed E-state index contributed by atoms with van der Waals surface area (Å²) in [6.07, 6.45) is 2.93. The van der Waals surface area contributed by atoms with Crippen molar-refractivity contribution in [3.63, 3.8) is 0 Å². The number of carbonyl (C=O) groups is 1. The van der Waals surface area contributed by atoms with Gasteiger partial charge in [0.2, 0.25) is 0 Å². The molecule has 1 amide bonds. The predicted octanol–water partition coefficient (Wildman–Crippen LogP) is 2.77. The number of hydrogen-bond acceptors (Lipinski definition) is 6. The Labute approximate surface area is 183 Å². The lowest BCUT2D eigenvalue weighted by atomic mass is 9.90. The van der Waals surface area contributed by atoms with Crippen LogP contribution in [0.2, 0.25) is 0 Å². The number of ether oxygens (including phenoxy) is 1. The number of nitrogens with zero attached hydrogens (tertiary/aromatic N) is 5. The Bertz CT molecular complexity index is 884. The third kappa shape index (κ3) is 4.60. The molecule has 0 radical (unpaired) electrons. The smallest absolute Gasteiger partial charge is 0.274 e. The molecule has 8 heteroatoms. The van der Waals surface area contributed by atoms with E-state index in [4.69, 9.17) is 9.84 Å². The highest BCUT2D eigenvalue weighted by Gasteiger charge is 2.33. The summed E-state index contributed by atoms with van der Waals surface area (Å²) in [5.74, 6) is 0.559. The molecule has 1 atom stereocenters. The Balaban J connectivity index is 1.57. The van der Waals surface area contributed by atoms with Crippen molar-refractivity contribution in [1.82, 2.24) is 24.6 Å². The summed E-state index contributed by atoms with van der Waals surface area (Å²) in [7, 11) is 2.17. The number of fused-ring (bicyclic) bond motifs is 1. The SMILES string of the molecule is Cc1nc(CN(C)[C@@H]2CCc3c(c(C(=O)N4CCOCC4)nn3CC(C)C)C2)cs1. The van der Waals surface area contributed by atoms with Gasteiger partial charge in [0.1, 0.15) is 0 Å². The summed E-state index contributed by atoms with van der Waals surface area (Å²) < 4.78 is 7.54. The van der Waals surface area contributed by atoms with Gasteiger partial charge in [-0.1, -0.05) is 13.8 Å². The second-order valence-electron chi connectivity index (χ2n) is 8.92. The highest BCUT2D eigenvalue weighted by molar-refractivity contribution is 7.09. The molecule has 0 bridgehead atoms. The van der Waals surface area contributed by atoms with Gasteiger partial charge in [0.25, 0.3) is 5.91 Å². The van der Waals surface area contributed by atoms with Crippen LogP contribution >= 0.6 is 11.3 Å². The minimum Gasteiger partial charge on any atom is -0.378 e. The number of hydrogen-bond donors (Lipinski definition) is 0.